The Kier molecular flexibility index (Phi) is 5.11. The zero-order valence-electron chi connectivity index (χ0n) is 18.6. The molecule has 0 bridgehead atoms. The Morgan fingerprint density at radius 1 is 1.27 bits per heavy atom. The summed E-state index contributed by atoms with van der Waals surface area (Å²) in [6.07, 6.45) is 4.53. The average molecular weight is 413 g/mol. The minimum absolute atomic E-state index is 0.0398. The maximum absolute atomic E-state index is 12.8. The standard InChI is InChI=1S/C22H32N6O2/c1-14(2)28-18-10-9-17-19(16(18)12-24-28)27(20(23)25-17)15-8-6-7-11-26(13-15)21(29)30-22(3,4)5/h9-10,12,14-15H,6-8,11,13H2,1-5H3,(H2,23,25)/t15-/m1/s1. The summed E-state index contributed by atoms with van der Waals surface area (Å²) in [5, 5.41) is 5.63. The molecule has 2 aromatic heterocycles. The molecule has 0 radical (unpaired) electrons. The monoisotopic (exact) mass is 412 g/mol. The fourth-order valence-corrected chi connectivity index (χ4v) is 4.33. The summed E-state index contributed by atoms with van der Waals surface area (Å²) in [6.45, 7) is 11.2. The zero-order valence-corrected chi connectivity index (χ0v) is 18.6. The maximum atomic E-state index is 12.8. The predicted molar refractivity (Wildman–Crippen MR) is 119 cm³/mol. The van der Waals surface area contributed by atoms with Gasteiger partial charge in [0.1, 0.15) is 5.60 Å². The van der Waals surface area contributed by atoms with Crippen LogP contribution in [-0.2, 0) is 4.74 Å². The number of hydrogen-bond donors (Lipinski definition) is 1. The molecule has 1 saturated heterocycles. The van der Waals surface area contributed by atoms with E-state index in [1.807, 2.05) is 42.6 Å². The molecule has 4 rings (SSSR count). The van der Waals surface area contributed by atoms with Crippen LogP contribution >= 0.6 is 0 Å². The van der Waals surface area contributed by atoms with Crippen molar-refractivity contribution in [1.29, 1.82) is 0 Å². The van der Waals surface area contributed by atoms with E-state index in [2.05, 4.69) is 34.6 Å². The lowest BCUT2D eigenvalue weighted by Gasteiger charge is -2.29. The van der Waals surface area contributed by atoms with Gasteiger partial charge in [-0.15, -0.1) is 0 Å². The largest absolute Gasteiger partial charge is 0.444 e. The number of ether oxygens (including phenoxy) is 1. The second-order valence-corrected chi connectivity index (χ2v) is 9.46. The molecule has 1 atom stereocenters. The molecule has 0 unspecified atom stereocenters. The normalized spacial score (nSPS) is 18.3. The molecule has 0 saturated carbocycles. The number of carbonyl (C=O) groups excluding carboxylic acids is 1. The summed E-state index contributed by atoms with van der Waals surface area (Å²) in [6, 6.07) is 4.36. The molecular formula is C22H32N6O2. The Morgan fingerprint density at radius 3 is 2.73 bits per heavy atom. The Bertz CT molecular complexity index is 1070. The molecule has 30 heavy (non-hydrogen) atoms. The first-order valence-electron chi connectivity index (χ1n) is 10.8. The van der Waals surface area contributed by atoms with Gasteiger partial charge in [-0.2, -0.15) is 5.10 Å². The summed E-state index contributed by atoms with van der Waals surface area (Å²) < 4.78 is 9.75. The van der Waals surface area contributed by atoms with Crippen LogP contribution in [0.25, 0.3) is 21.9 Å². The molecule has 1 aromatic carbocycles. The van der Waals surface area contributed by atoms with Crippen molar-refractivity contribution in [3.63, 3.8) is 0 Å². The molecule has 3 aromatic rings. The Hall–Kier alpha value is -2.77. The first kappa shape index (κ1) is 20.5. The van der Waals surface area contributed by atoms with E-state index in [0.29, 0.717) is 19.0 Å². The van der Waals surface area contributed by atoms with Gasteiger partial charge in [-0.25, -0.2) is 9.78 Å². The van der Waals surface area contributed by atoms with Gasteiger partial charge in [0.15, 0.2) is 0 Å². The number of nitrogen functional groups attached to an aromatic ring is 1. The molecule has 162 valence electrons. The molecule has 1 aliphatic heterocycles. The molecule has 0 aliphatic carbocycles. The van der Waals surface area contributed by atoms with Gasteiger partial charge >= 0.3 is 6.09 Å². The number of rotatable bonds is 2. The van der Waals surface area contributed by atoms with Gasteiger partial charge < -0.3 is 19.9 Å². The van der Waals surface area contributed by atoms with Crippen LogP contribution in [0, 0.1) is 0 Å². The quantitative estimate of drug-likeness (QED) is 0.669. The fourth-order valence-electron chi connectivity index (χ4n) is 4.33. The van der Waals surface area contributed by atoms with E-state index in [9.17, 15) is 4.79 Å². The van der Waals surface area contributed by atoms with Gasteiger partial charge in [0, 0.05) is 24.5 Å². The second kappa shape index (κ2) is 7.49. The molecule has 1 aliphatic rings. The number of aromatic nitrogens is 4. The average Bonchev–Trinajstić information content (AvgIpc) is 3.12. The highest BCUT2D eigenvalue weighted by atomic mass is 16.6. The molecule has 2 N–H and O–H groups in total. The van der Waals surface area contributed by atoms with Crippen LogP contribution in [-0.4, -0.2) is 49.0 Å². The van der Waals surface area contributed by atoms with Crippen molar-refractivity contribution in [2.45, 2.75) is 71.6 Å². The summed E-state index contributed by atoms with van der Waals surface area (Å²) in [5.74, 6) is 0.478. The highest BCUT2D eigenvalue weighted by Gasteiger charge is 2.29. The lowest BCUT2D eigenvalue weighted by Crippen LogP contribution is -2.39. The van der Waals surface area contributed by atoms with Crippen LogP contribution in [0.3, 0.4) is 0 Å². The van der Waals surface area contributed by atoms with Crippen molar-refractivity contribution in [3.8, 4) is 0 Å². The lowest BCUT2D eigenvalue weighted by atomic mass is 10.1. The number of anilines is 1. The lowest BCUT2D eigenvalue weighted by molar-refractivity contribution is 0.0238. The molecule has 8 nitrogen and oxygen atoms in total. The number of amides is 1. The minimum Gasteiger partial charge on any atom is -0.444 e. The van der Waals surface area contributed by atoms with Gasteiger partial charge in [-0.3, -0.25) is 4.68 Å². The third-order valence-electron chi connectivity index (χ3n) is 5.61. The van der Waals surface area contributed by atoms with Crippen LogP contribution in [0.2, 0.25) is 0 Å². The highest BCUT2D eigenvalue weighted by molar-refractivity contribution is 6.04. The maximum Gasteiger partial charge on any atom is 0.410 e. The van der Waals surface area contributed by atoms with Crippen LogP contribution in [0.5, 0.6) is 0 Å². The molecule has 8 heteroatoms. The first-order chi connectivity index (χ1) is 14.2. The topological polar surface area (TPSA) is 91.2 Å². The summed E-state index contributed by atoms with van der Waals surface area (Å²) in [7, 11) is 0. The van der Waals surface area contributed by atoms with Crippen molar-refractivity contribution in [2.75, 3.05) is 18.8 Å². The van der Waals surface area contributed by atoms with E-state index >= 15 is 0 Å². The van der Waals surface area contributed by atoms with Crippen LogP contribution in [0.1, 0.15) is 66.0 Å². The van der Waals surface area contributed by atoms with Crippen molar-refractivity contribution in [1.82, 2.24) is 24.2 Å². The number of benzene rings is 1. The zero-order chi connectivity index (χ0) is 21.6. The minimum atomic E-state index is -0.517. The SMILES string of the molecule is CC(C)n1ncc2c1ccc1nc(N)n([C@@H]3CCCCN(C(=O)OC(C)(C)C)C3)c12. The summed E-state index contributed by atoms with van der Waals surface area (Å²) in [4.78, 5) is 19.2. The van der Waals surface area contributed by atoms with Crippen LogP contribution in [0.4, 0.5) is 10.7 Å². The number of imidazole rings is 1. The molecule has 1 amide bonds. The number of nitrogens with zero attached hydrogens (tertiary/aromatic N) is 5. The number of nitrogens with two attached hydrogens (primary N) is 1. The van der Waals surface area contributed by atoms with E-state index < -0.39 is 5.60 Å². The number of hydrogen-bond acceptors (Lipinski definition) is 5. The predicted octanol–water partition coefficient (Wildman–Crippen LogP) is 4.51. The van der Waals surface area contributed by atoms with Gasteiger partial charge in [-0.1, -0.05) is 0 Å². The summed E-state index contributed by atoms with van der Waals surface area (Å²) >= 11 is 0. The van der Waals surface area contributed by atoms with Crippen LogP contribution < -0.4 is 5.73 Å². The van der Waals surface area contributed by atoms with E-state index in [-0.39, 0.29) is 18.2 Å². The highest BCUT2D eigenvalue weighted by Crippen LogP contribution is 2.34. The van der Waals surface area contributed by atoms with Gasteiger partial charge in [-0.05, 0) is 66.0 Å². The number of carbonyl (C=O) groups is 1. The van der Waals surface area contributed by atoms with E-state index in [4.69, 9.17) is 10.5 Å². The Morgan fingerprint density at radius 2 is 2.03 bits per heavy atom. The number of likely N-dealkylation sites (tertiary alicyclic amines) is 1. The van der Waals surface area contributed by atoms with E-state index in [1.165, 1.54) is 0 Å². The third kappa shape index (κ3) is 3.70. The first-order valence-corrected chi connectivity index (χ1v) is 10.8. The fraction of sp³-hybridized carbons (Fsp3) is 0.591. The van der Waals surface area contributed by atoms with Gasteiger partial charge in [0.25, 0.3) is 0 Å². The smallest absolute Gasteiger partial charge is 0.410 e. The second-order valence-electron chi connectivity index (χ2n) is 9.46. The molecule has 1 fully saturated rings. The van der Waals surface area contributed by atoms with E-state index in [1.54, 1.807) is 0 Å². The van der Waals surface area contributed by atoms with Crippen molar-refractivity contribution >= 4 is 34.0 Å². The van der Waals surface area contributed by atoms with Crippen molar-refractivity contribution in [3.05, 3.63) is 18.3 Å². The molecule has 0 spiro atoms. The Balaban J connectivity index is 1.76. The van der Waals surface area contributed by atoms with E-state index in [0.717, 1.165) is 41.2 Å². The molecular weight excluding hydrogens is 380 g/mol. The van der Waals surface area contributed by atoms with Gasteiger partial charge in [0.2, 0.25) is 5.95 Å². The van der Waals surface area contributed by atoms with Gasteiger partial charge in [0.05, 0.1) is 28.8 Å². The summed E-state index contributed by atoms with van der Waals surface area (Å²) in [5.41, 5.74) is 8.81. The van der Waals surface area contributed by atoms with Crippen LogP contribution in [0.15, 0.2) is 18.3 Å². The van der Waals surface area contributed by atoms with Crippen molar-refractivity contribution < 1.29 is 9.53 Å². The molecule has 3 heterocycles. The number of fused-ring (bicyclic) bond motifs is 3. The Labute approximate surface area is 177 Å². The van der Waals surface area contributed by atoms with Crippen molar-refractivity contribution in [2.24, 2.45) is 0 Å². The third-order valence-corrected chi connectivity index (χ3v) is 5.61.